The minimum atomic E-state index is 0.597. The Bertz CT molecular complexity index is 316. The number of likely N-dealkylation sites (N-methyl/N-ethyl adjacent to an activating group) is 1. The number of fused-ring (bicyclic) bond motifs is 1. The number of nitrogens with two attached hydrogens (primary N) is 1. The van der Waals surface area contributed by atoms with Crippen LogP contribution in [-0.2, 0) is 19.5 Å². The Morgan fingerprint density at radius 3 is 3.07 bits per heavy atom. The number of rotatable bonds is 2. The summed E-state index contributed by atoms with van der Waals surface area (Å²) in [7, 11) is 4.26. The van der Waals surface area contributed by atoms with E-state index in [4.69, 9.17) is 5.73 Å². The Labute approximate surface area is 84.7 Å². The first kappa shape index (κ1) is 9.68. The lowest BCUT2D eigenvalue weighted by molar-refractivity contribution is 0.241. The molecular formula is C10H18N4. The van der Waals surface area contributed by atoms with Gasteiger partial charge in [0.05, 0.1) is 5.69 Å². The fourth-order valence-corrected chi connectivity index (χ4v) is 2.08. The number of nitrogens with zero attached hydrogens (tertiary/aromatic N) is 3. The first-order chi connectivity index (χ1) is 6.72. The highest BCUT2D eigenvalue weighted by atomic mass is 15.2. The zero-order chi connectivity index (χ0) is 10.1. The number of hydrogen-bond donors (Lipinski definition) is 1. The van der Waals surface area contributed by atoms with Crippen molar-refractivity contribution in [1.82, 2.24) is 14.5 Å². The predicted molar refractivity (Wildman–Crippen MR) is 55.9 cm³/mol. The van der Waals surface area contributed by atoms with Crippen molar-refractivity contribution in [3.63, 3.8) is 0 Å². The molecule has 2 rings (SSSR count). The molecule has 1 atom stereocenters. The van der Waals surface area contributed by atoms with Gasteiger partial charge in [-0.3, -0.25) is 0 Å². The van der Waals surface area contributed by atoms with E-state index < -0.39 is 0 Å². The molecule has 0 aliphatic carbocycles. The van der Waals surface area contributed by atoms with Gasteiger partial charge in [-0.15, -0.1) is 0 Å². The molecule has 4 nitrogen and oxygen atoms in total. The van der Waals surface area contributed by atoms with Gasteiger partial charge in [-0.05, 0) is 20.5 Å². The molecule has 2 N–H and O–H groups in total. The fraction of sp³-hybridized carbons (Fsp3) is 0.700. The summed E-state index contributed by atoms with van der Waals surface area (Å²) in [4.78, 5) is 6.69. The molecule has 0 fully saturated rings. The summed E-state index contributed by atoms with van der Waals surface area (Å²) in [5, 5.41) is 0. The second-order valence-electron chi connectivity index (χ2n) is 4.13. The smallest absolute Gasteiger partial charge is 0.110 e. The van der Waals surface area contributed by atoms with Crippen LogP contribution in [-0.4, -0.2) is 34.6 Å². The summed E-state index contributed by atoms with van der Waals surface area (Å²) in [6.07, 6.45) is 4.16. The highest BCUT2D eigenvalue weighted by Gasteiger charge is 2.22. The molecule has 78 valence electrons. The van der Waals surface area contributed by atoms with Crippen LogP contribution in [0.25, 0.3) is 0 Å². The lowest BCUT2D eigenvalue weighted by Gasteiger charge is -2.29. The van der Waals surface area contributed by atoms with Crippen molar-refractivity contribution >= 4 is 0 Å². The molecule has 1 unspecified atom stereocenters. The van der Waals surface area contributed by atoms with Crippen molar-refractivity contribution in [2.75, 3.05) is 14.1 Å². The van der Waals surface area contributed by atoms with E-state index in [-0.39, 0.29) is 0 Å². The van der Waals surface area contributed by atoms with Crippen LogP contribution >= 0.6 is 0 Å². The molecule has 1 aromatic rings. The van der Waals surface area contributed by atoms with Crippen LogP contribution in [0.4, 0.5) is 0 Å². The van der Waals surface area contributed by atoms with Gasteiger partial charge in [0.2, 0.25) is 0 Å². The monoisotopic (exact) mass is 194 g/mol. The summed E-state index contributed by atoms with van der Waals surface area (Å²) in [6, 6.07) is 0.635. The van der Waals surface area contributed by atoms with Gasteiger partial charge < -0.3 is 15.2 Å². The molecule has 14 heavy (non-hydrogen) atoms. The molecule has 1 aliphatic heterocycles. The third-order valence-corrected chi connectivity index (χ3v) is 3.06. The molecule has 0 aromatic carbocycles. The van der Waals surface area contributed by atoms with Crippen molar-refractivity contribution in [1.29, 1.82) is 0 Å². The van der Waals surface area contributed by atoms with Crippen LogP contribution < -0.4 is 5.73 Å². The zero-order valence-electron chi connectivity index (χ0n) is 8.90. The van der Waals surface area contributed by atoms with E-state index in [1.807, 2.05) is 6.20 Å². The van der Waals surface area contributed by atoms with Crippen LogP contribution in [0, 0.1) is 0 Å². The highest BCUT2D eigenvalue weighted by molar-refractivity contribution is 5.09. The van der Waals surface area contributed by atoms with Gasteiger partial charge >= 0.3 is 0 Å². The summed E-state index contributed by atoms with van der Waals surface area (Å²) in [6.45, 7) is 1.66. The van der Waals surface area contributed by atoms with Crippen molar-refractivity contribution in [3.05, 3.63) is 17.7 Å². The van der Waals surface area contributed by atoms with Gasteiger partial charge in [-0.2, -0.15) is 0 Å². The maximum absolute atomic E-state index is 5.64. The van der Waals surface area contributed by atoms with Gasteiger partial charge in [-0.25, -0.2) is 4.98 Å². The van der Waals surface area contributed by atoms with Crippen LogP contribution in [0.15, 0.2) is 6.20 Å². The molecule has 0 bridgehead atoms. The zero-order valence-corrected chi connectivity index (χ0v) is 8.90. The Kier molecular flexibility index (Phi) is 2.56. The van der Waals surface area contributed by atoms with E-state index in [0.717, 1.165) is 18.7 Å². The van der Waals surface area contributed by atoms with Gasteiger partial charge in [0, 0.05) is 31.7 Å². The minimum Gasteiger partial charge on any atom is -0.331 e. The third kappa shape index (κ3) is 1.55. The molecular weight excluding hydrogens is 176 g/mol. The van der Waals surface area contributed by atoms with Crippen molar-refractivity contribution in [2.45, 2.75) is 32.0 Å². The summed E-state index contributed by atoms with van der Waals surface area (Å²) < 4.78 is 2.26. The number of imidazole rings is 1. The van der Waals surface area contributed by atoms with E-state index in [1.54, 1.807) is 0 Å². The largest absolute Gasteiger partial charge is 0.331 e. The number of aromatic nitrogens is 2. The van der Waals surface area contributed by atoms with E-state index in [0.29, 0.717) is 12.6 Å². The SMILES string of the molecule is CN(C)C1CCn2c(CN)cnc2C1. The second kappa shape index (κ2) is 3.71. The standard InChI is InChI=1S/C10H18N4/c1-13(2)8-3-4-14-9(6-11)7-12-10(14)5-8/h7-8H,3-6,11H2,1-2H3. The average Bonchev–Trinajstić information content (AvgIpc) is 2.59. The Balaban J connectivity index is 2.20. The van der Waals surface area contributed by atoms with E-state index in [9.17, 15) is 0 Å². The minimum absolute atomic E-state index is 0.597. The lowest BCUT2D eigenvalue weighted by Crippen LogP contribution is -2.36. The number of hydrogen-bond acceptors (Lipinski definition) is 3. The Morgan fingerprint density at radius 1 is 1.64 bits per heavy atom. The van der Waals surface area contributed by atoms with Gasteiger partial charge in [0.1, 0.15) is 5.82 Å². The first-order valence-corrected chi connectivity index (χ1v) is 5.12. The van der Waals surface area contributed by atoms with Crippen LogP contribution in [0.5, 0.6) is 0 Å². The third-order valence-electron chi connectivity index (χ3n) is 3.06. The summed E-state index contributed by atoms with van der Waals surface area (Å²) in [5.74, 6) is 1.19. The average molecular weight is 194 g/mol. The Hall–Kier alpha value is -0.870. The maximum atomic E-state index is 5.64. The quantitative estimate of drug-likeness (QED) is 0.732. The molecule has 0 radical (unpaired) electrons. The van der Waals surface area contributed by atoms with Crippen LogP contribution in [0.1, 0.15) is 17.9 Å². The fourth-order valence-electron chi connectivity index (χ4n) is 2.08. The second-order valence-corrected chi connectivity index (χ2v) is 4.13. The van der Waals surface area contributed by atoms with Crippen molar-refractivity contribution in [2.24, 2.45) is 5.73 Å². The van der Waals surface area contributed by atoms with E-state index in [2.05, 4.69) is 28.5 Å². The van der Waals surface area contributed by atoms with E-state index >= 15 is 0 Å². The van der Waals surface area contributed by atoms with Crippen molar-refractivity contribution < 1.29 is 0 Å². The molecule has 0 spiro atoms. The highest BCUT2D eigenvalue weighted by Crippen LogP contribution is 2.18. The van der Waals surface area contributed by atoms with Crippen LogP contribution in [0.2, 0.25) is 0 Å². The van der Waals surface area contributed by atoms with Crippen LogP contribution in [0.3, 0.4) is 0 Å². The maximum Gasteiger partial charge on any atom is 0.110 e. The molecule has 0 saturated carbocycles. The van der Waals surface area contributed by atoms with Crippen molar-refractivity contribution in [3.8, 4) is 0 Å². The molecule has 0 saturated heterocycles. The molecule has 1 aliphatic rings. The molecule has 1 aromatic heterocycles. The summed E-state index contributed by atoms with van der Waals surface area (Å²) in [5.41, 5.74) is 6.81. The summed E-state index contributed by atoms with van der Waals surface area (Å²) >= 11 is 0. The Morgan fingerprint density at radius 2 is 2.43 bits per heavy atom. The topological polar surface area (TPSA) is 47.1 Å². The molecule has 0 amide bonds. The molecule has 4 heteroatoms. The first-order valence-electron chi connectivity index (χ1n) is 5.12. The van der Waals surface area contributed by atoms with Gasteiger partial charge in [-0.1, -0.05) is 0 Å². The van der Waals surface area contributed by atoms with Gasteiger partial charge in [0.15, 0.2) is 0 Å². The predicted octanol–water partition coefficient (Wildman–Crippen LogP) is 0.218. The van der Waals surface area contributed by atoms with E-state index in [1.165, 1.54) is 12.2 Å². The molecule has 2 heterocycles. The normalized spacial score (nSPS) is 21.3. The van der Waals surface area contributed by atoms with Gasteiger partial charge in [0.25, 0.3) is 0 Å². The lowest BCUT2D eigenvalue weighted by atomic mass is 10.1.